The number of aliphatic imine (C=N–C) groups is 1. The molecule has 4 amide bonds. The molecule has 6 N–H and O–H groups in total. The average Bonchev–Trinajstić information content (AvgIpc) is 3.67. The van der Waals surface area contributed by atoms with Crippen LogP contribution in [0.4, 0.5) is 28.4 Å². The van der Waals surface area contributed by atoms with E-state index in [0.717, 1.165) is 25.3 Å². The van der Waals surface area contributed by atoms with E-state index in [1.807, 2.05) is 0 Å². The lowest BCUT2D eigenvalue weighted by Crippen LogP contribution is -2.64. The van der Waals surface area contributed by atoms with Gasteiger partial charge in [0.15, 0.2) is 0 Å². The molecule has 2 aromatic rings. The van der Waals surface area contributed by atoms with E-state index in [0.29, 0.717) is 35.1 Å². The number of urea groups is 2. The number of alkyl halides is 3. The smallest absolute Gasteiger partial charge is 0.338 e. The third kappa shape index (κ3) is 8.74. The SMILES string of the molecule is N#CCC1(N=CC(C=N)/C(C=N)=C/c2ncc(-c3cccc(NC(=O)NCC(F)(F)F)c3)[nH]2)CN(C(=O)NCC2CC2)C1. The summed E-state index contributed by atoms with van der Waals surface area (Å²) in [6.07, 6.45) is 4.59. The predicted molar refractivity (Wildman–Crippen MR) is 155 cm³/mol. The van der Waals surface area contributed by atoms with E-state index in [1.165, 1.54) is 18.5 Å². The lowest BCUT2D eigenvalue weighted by molar-refractivity contribution is -0.122. The van der Waals surface area contributed by atoms with Gasteiger partial charge in [-0.2, -0.15) is 18.4 Å². The molecule has 1 aromatic heterocycles. The number of imidazole rings is 1. The van der Waals surface area contributed by atoms with Crippen molar-refractivity contribution in [3.8, 4) is 17.3 Å². The third-order valence-electron chi connectivity index (χ3n) is 6.92. The van der Waals surface area contributed by atoms with Gasteiger partial charge in [0, 0.05) is 36.4 Å². The molecule has 0 bridgehead atoms. The van der Waals surface area contributed by atoms with Gasteiger partial charge < -0.3 is 36.7 Å². The Balaban J connectivity index is 1.41. The Labute approximate surface area is 245 Å². The molecule has 43 heavy (non-hydrogen) atoms. The number of nitrogens with one attached hydrogen (secondary N) is 6. The van der Waals surface area contributed by atoms with Crippen molar-refractivity contribution in [2.75, 3.05) is 31.5 Å². The zero-order chi connectivity index (χ0) is 31.0. The average molecular weight is 597 g/mol. The van der Waals surface area contributed by atoms with Crippen molar-refractivity contribution in [3.63, 3.8) is 0 Å². The second-order valence-electron chi connectivity index (χ2n) is 10.5. The van der Waals surface area contributed by atoms with Crippen LogP contribution in [-0.2, 0) is 0 Å². The first-order valence-corrected chi connectivity index (χ1v) is 13.5. The number of likely N-dealkylation sites (tertiary alicyclic amines) is 1. The maximum absolute atomic E-state index is 12.4. The number of carbonyl (C=O) groups is 2. The van der Waals surface area contributed by atoms with Gasteiger partial charge in [0.1, 0.15) is 17.9 Å². The fourth-order valence-corrected chi connectivity index (χ4v) is 4.39. The number of halogens is 3. The molecule has 1 saturated carbocycles. The van der Waals surface area contributed by atoms with Crippen molar-refractivity contribution in [2.45, 2.75) is 31.0 Å². The van der Waals surface area contributed by atoms with Crippen LogP contribution in [0.25, 0.3) is 17.3 Å². The zero-order valence-corrected chi connectivity index (χ0v) is 23.0. The summed E-state index contributed by atoms with van der Waals surface area (Å²) in [7, 11) is 0. The molecule has 1 aliphatic heterocycles. The van der Waals surface area contributed by atoms with Crippen molar-refractivity contribution >= 4 is 42.5 Å². The third-order valence-corrected chi connectivity index (χ3v) is 6.92. The minimum Gasteiger partial charge on any atom is -0.338 e. The number of carbonyl (C=O) groups excluding carboxylic acids is 2. The fraction of sp³-hybridized carbons (Fsp3) is 0.393. The van der Waals surface area contributed by atoms with Gasteiger partial charge in [0.05, 0.1) is 43.4 Å². The van der Waals surface area contributed by atoms with E-state index in [1.54, 1.807) is 34.5 Å². The van der Waals surface area contributed by atoms with Crippen LogP contribution in [-0.4, -0.2) is 83.5 Å². The molecule has 12 nitrogen and oxygen atoms in total. The summed E-state index contributed by atoms with van der Waals surface area (Å²) in [6, 6.07) is 7.36. The summed E-state index contributed by atoms with van der Waals surface area (Å²) in [6.45, 7) is -0.254. The number of amides is 4. The van der Waals surface area contributed by atoms with E-state index >= 15 is 0 Å². The second-order valence-corrected chi connectivity index (χ2v) is 10.5. The highest BCUT2D eigenvalue weighted by Crippen LogP contribution is 2.31. The summed E-state index contributed by atoms with van der Waals surface area (Å²) >= 11 is 0. The summed E-state index contributed by atoms with van der Waals surface area (Å²) in [4.78, 5) is 37.7. The van der Waals surface area contributed by atoms with Gasteiger partial charge in [-0.05, 0) is 42.5 Å². The predicted octanol–water partition coefficient (Wildman–Crippen LogP) is 4.22. The molecular formula is C28H31F3N10O2. The molecule has 0 spiro atoms. The maximum Gasteiger partial charge on any atom is 0.405 e. The topological polar surface area (TPSA) is 186 Å². The van der Waals surface area contributed by atoms with Crippen molar-refractivity contribution in [1.29, 1.82) is 16.1 Å². The fourth-order valence-electron chi connectivity index (χ4n) is 4.39. The van der Waals surface area contributed by atoms with Gasteiger partial charge in [0.25, 0.3) is 0 Å². The zero-order valence-electron chi connectivity index (χ0n) is 23.0. The molecule has 15 heteroatoms. The monoisotopic (exact) mass is 596 g/mol. The number of hydrogen-bond acceptors (Lipinski definition) is 7. The lowest BCUT2D eigenvalue weighted by atomic mass is 9.87. The van der Waals surface area contributed by atoms with Gasteiger partial charge >= 0.3 is 18.2 Å². The molecule has 226 valence electrons. The molecule has 1 aliphatic carbocycles. The van der Waals surface area contributed by atoms with E-state index in [9.17, 15) is 28.0 Å². The van der Waals surface area contributed by atoms with E-state index in [4.69, 9.17) is 10.8 Å². The molecule has 2 heterocycles. The van der Waals surface area contributed by atoms with Crippen LogP contribution in [0.1, 0.15) is 25.1 Å². The molecule has 2 fully saturated rings. The highest BCUT2D eigenvalue weighted by Gasteiger charge is 2.45. The molecule has 0 radical (unpaired) electrons. The van der Waals surface area contributed by atoms with E-state index in [-0.39, 0.29) is 31.2 Å². The lowest BCUT2D eigenvalue weighted by Gasteiger charge is -2.46. The highest BCUT2D eigenvalue weighted by atomic mass is 19.4. The normalized spacial score (nSPS) is 17.0. The minimum absolute atomic E-state index is 0.101. The van der Waals surface area contributed by atoms with Crippen LogP contribution in [0.2, 0.25) is 0 Å². The Morgan fingerprint density at radius 2 is 2.05 bits per heavy atom. The first-order chi connectivity index (χ1) is 20.5. The largest absolute Gasteiger partial charge is 0.405 e. The summed E-state index contributed by atoms with van der Waals surface area (Å²) < 4.78 is 37.0. The second kappa shape index (κ2) is 13.3. The first kappa shape index (κ1) is 30.9. The van der Waals surface area contributed by atoms with E-state index in [2.05, 4.69) is 31.7 Å². The Morgan fingerprint density at radius 1 is 1.28 bits per heavy atom. The van der Waals surface area contributed by atoms with Crippen LogP contribution >= 0.6 is 0 Å². The first-order valence-electron chi connectivity index (χ1n) is 13.5. The maximum atomic E-state index is 12.4. The number of aromatic amines is 1. The number of H-pyrrole nitrogens is 1. The van der Waals surface area contributed by atoms with Crippen LogP contribution in [0.5, 0.6) is 0 Å². The standard InChI is InChI=1S/C28H31F3N10O2/c29-28(30,31)15-37-25(42)39-22-3-1-2-19(8-22)23-14-35-24(40-23)9-20(10-33)21(11-34)13-38-27(6-7-32)16-41(17-27)26(43)36-12-18-4-5-18/h1-3,8-11,13-14,18,21,33-34H,4-6,12,15-17H2,(H,35,40)(H,36,43)(H2,37,39,42)/b20-9+,33-10?,34-11?,38-13?. The number of nitriles is 1. The van der Waals surface area contributed by atoms with Gasteiger partial charge in [-0.25, -0.2) is 14.6 Å². The Bertz CT molecular complexity index is 1450. The molecule has 1 atom stereocenters. The van der Waals surface area contributed by atoms with Crippen molar-refractivity contribution in [1.82, 2.24) is 25.5 Å². The number of nitrogens with zero attached hydrogens (tertiary/aromatic N) is 4. The van der Waals surface area contributed by atoms with Crippen LogP contribution in [0.15, 0.2) is 41.0 Å². The van der Waals surface area contributed by atoms with E-state index < -0.39 is 30.2 Å². The highest BCUT2D eigenvalue weighted by molar-refractivity contribution is 5.99. The van der Waals surface area contributed by atoms with Crippen molar-refractivity contribution in [2.24, 2.45) is 16.8 Å². The summed E-state index contributed by atoms with van der Waals surface area (Å²) in [5, 5.41) is 32.1. The quantitative estimate of drug-likeness (QED) is 0.201. The Kier molecular flexibility index (Phi) is 9.59. The van der Waals surface area contributed by atoms with Gasteiger partial charge in [-0.3, -0.25) is 4.99 Å². The van der Waals surface area contributed by atoms with Crippen molar-refractivity contribution < 1.29 is 22.8 Å². The minimum atomic E-state index is -4.53. The van der Waals surface area contributed by atoms with Gasteiger partial charge in [0.2, 0.25) is 0 Å². The van der Waals surface area contributed by atoms with Crippen LogP contribution in [0.3, 0.4) is 0 Å². The summed E-state index contributed by atoms with van der Waals surface area (Å²) in [5.74, 6) is 0.220. The van der Waals surface area contributed by atoms with Gasteiger partial charge in [-0.15, -0.1) is 0 Å². The molecular weight excluding hydrogens is 565 g/mol. The van der Waals surface area contributed by atoms with Crippen LogP contribution < -0.4 is 16.0 Å². The number of benzene rings is 1. The molecule has 1 saturated heterocycles. The molecule has 1 aromatic carbocycles. The number of hydrogen-bond donors (Lipinski definition) is 6. The molecule has 2 aliphatic rings. The van der Waals surface area contributed by atoms with Gasteiger partial charge in [-0.1, -0.05) is 12.1 Å². The number of allylic oxidation sites excluding steroid dienone is 1. The molecule has 4 rings (SSSR count). The van der Waals surface area contributed by atoms with Crippen LogP contribution in [0, 0.1) is 34.0 Å². The number of aromatic nitrogens is 2. The number of anilines is 1. The van der Waals surface area contributed by atoms with Crippen molar-refractivity contribution in [3.05, 3.63) is 41.9 Å². The summed E-state index contributed by atoms with van der Waals surface area (Å²) in [5.41, 5.74) is 1.02. The molecule has 1 unspecified atom stereocenters. The Hall–Kier alpha value is -5.00. The Morgan fingerprint density at radius 3 is 2.70 bits per heavy atom. The number of rotatable bonds is 12.